The molecular formula is C12H18N2. The van der Waals surface area contributed by atoms with Gasteiger partial charge in [0, 0.05) is 29.4 Å². The number of hydrogen-bond donors (Lipinski definition) is 1. The summed E-state index contributed by atoms with van der Waals surface area (Å²) in [5.41, 5.74) is 3.44. The van der Waals surface area contributed by atoms with E-state index in [1.807, 2.05) is 19.3 Å². The van der Waals surface area contributed by atoms with Crippen molar-refractivity contribution in [3.05, 3.63) is 35.8 Å². The molecule has 0 saturated carbocycles. The second kappa shape index (κ2) is 5.43. The zero-order valence-electron chi connectivity index (χ0n) is 9.17. The molecule has 1 rings (SSSR count). The maximum Gasteiger partial charge on any atom is 0.0462 e. The topological polar surface area (TPSA) is 28.1 Å². The molecule has 0 aliphatic rings. The van der Waals surface area contributed by atoms with Crippen LogP contribution in [0.1, 0.15) is 37.9 Å². The monoisotopic (exact) mass is 190 g/mol. The summed E-state index contributed by atoms with van der Waals surface area (Å²) in [6.07, 6.45) is 8.22. The minimum atomic E-state index is 1.07. The third kappa shape index (κ3) is 2.87. The lowest BCUT2D eigenvalue weighted by Gasteiger charge is -1.96. The summed E-state index contributed by atoms with van der Waals surface area (Å²) in [4.78, 5) is 7.53. The minimum absolute atomic E-state index is 1.07. The number of nitrogens with zero attached hydrogens (tertiary/aromatic N) is 1. The van der Waals surface area contributed by atoms with E-state index in [1.54, 1.807) is 0 Å². The summed E-state index contributed by atoms with van der Waals surface area (Å²) in [6, 6.07) is 2.06. The fraction of sp³-hybridized carbons (Fsp3) is 0.417. The van der Waals surface area contributed by atoms with Crippen LogP contribution in [0.2, 0.25) is 0 Å². The van der Waals surface area contributed by atoms with Gasteiger partial charge in [0.25, 0.3) is 0 Å². The van der Waals surface area contributed by atoms with Crippen molar-refractivity contribution in [3.8, 4) is 0 Å². The smallest absolute Gasteiger partial charge is 0.0462 e. The molecule has 0 aliphatic heterocycles. The number of allylic oxidation sites excluding steroid dienone is 1. The molecule has 0 saturated heterocycles. The summed E-state index contributed by atoms with van der Waals surface area (Å²) in [5.74, 6) is 0. The second-order valence-corrected chi connectivity index (χ2v) is 3.40. The Morgan fingerprint density at radius 2 is 2.36 bits per heavy atom. The highest BCUT2D eigenvalue weighted by Crippen LogP contribution is 2.06. The van der Waals surface area contributed by atoms with Gasteiger partial charge in [-0.05, 0) is 26.3 Å². The fourth-order valence-electron chi connectivity index (χ4n) is 1.32. The van der Waals surface area contributed by atoms with Crippen LogP contribution < -0.4 is 0 Å². The molecular weight excluding hydrogens is 172 g/mol. The number of nitrogens with one attached hydrogen (secondary N) is 1. The van der Waals surface area contributed by atoms with Gasteiger partial charge >= 0.3 is 0 Å². The van der Waals surface area contributed by atoms with Gasteiger partial charge in [-0.1, -0.05) is 19.4 Å². The predicted octanol–water partition coefficient (Wildman–Crippen LogP) is 3.45. The molecule has 0 fully saturated rings. The molecule has 0 aromatic carbocycles. The van der Waals surface area contributed by atoms with Crippen molar-refractivity contribution < 1.29 is 0 Å². The summed E-state index contributed by atoms with van der Waals surface area (Å²) < 4.78 is 0. The predicted molar refractivity (Wildman–Crippen MR) is 61.8 cm³/mol. The Morgan fingerprint density at radius 1 is 1.57 bits per heavy atom. The van der Waals surface area contributed by atoms with Crippen LogP contribution >= 0.6 is 0 Å². The third-order valence-electron chi connectivity index (χ3n) is 2.17. The molecule has 0 radical (unpaired) electrons. The van der Waals surface area contributed by atoms with Gasteiger partial charge in [0.1, 0.15) is 0 Å². The molecule has 2 heteroatoms. The highest BCUT2D eigenvalue weighted by molar-refractivity contribution is 6.00. The lowest BCUT2D eigenvalue weighted by atomic mass is 10.2. The first-order valence-corrected chi connectivity index (χ1v) is 5.09. The zero-order valence-corrected chi connectivity index (χ0v) is 9.17. The van der Waals surface area contributed by atoms with E-state index < -0.39 is 0 Å². The van der Waals surface area contributed by atoms with Gasteiger partial charge in [-0.2, -0.15) is 0 Å². The van der Waals surface area contributed by atoms with Crippen LogP contribution in [-0.4, -0.2) is 10.7 Å². The first-order valence-electron chi connectivity index (χ1n) is 5.09. The maximum absolute atomic E-state index is 4.38. The van der Waals surface area contributed by atoms with Crippen LogP contribution in [0.5, 0.6) is 0 Å². The van der Waals surface area contributed by atoms with Gasteiger partial charge < -0.3 is 4.98 Å². The molecule has 76 valence electrons. The van der Waals surface area contributed by atoms with Gasteiger partial charge in [-0.25, -0.2) is 0 Å². The van der Waals surface area contributed by atoms with Crippen LogP contribution in [0.3, 0.4) is 0 Å². The maximum atomic E-state index is 4.38. The molecule has 1 aromatic heterocycles. The Bertz CT molecular complexity index is 332. The first-order chi connectivity index (χ1) is 6.75. The van der Waals surface area contributed by atoms with E-state index in [0.29, 0.717) is 0 Å². The van der Waals surface area contributed by atoms with Crippen LogP contribution in [0, 0.1) is 6.92 Å². The van der Waals surface area contributed by atoms with E-state index in [2.05, 4.69) is 36.0 Å². The Balaban J connectivity index is 2.65. The van der Waals surface area contributed by atoms with E-state index in [-0.39, 0.29) is 0 Å². The number of H-pyrrole nitrogens is 1. The molecule has 1 N–H and O–H groups in total. The van der Waals surface area contributed by atoms with Crippen LogP contribution in [-0.2, 0) is 0 Å². The fourth-order valence-corrected chi connectivity index (χ4v) is 1.32. The largest absolute Gasteiger partial charge is 0.365 e. The average molecular weight is 190 g/mol. The molecule has 14 heavy (non-hydrogen) atoms. The molecule has 1 heterocycles. The molecule has 0 amide bonds. The third-order valence-corrected chi connectivity index (χ3v) is 2.17. The summed E-state index contributed by atoms with van der Waals surface area (Å²) >= 11 is 0. The number of aromatic amines is 1. The normalized spacial score (nSPS) is 12.6. The number of aryl methyl sites for hydroxylation is 1. The quantitative estimate of drug-likeness (QED) is 0.704. The number of aliphatic imine (C=N–C) groups is 1. The molecule has 0 atom stereocenters. The van der Waals surface area contributed by atoms with Crippen molar-refractivity contribution in [2.45, 2.75) is 33.6 Å². The van der Waals surface area contributed by atoms with Crippen molar-refractivity contribution in [1.29, 1.82) is 0 Å². The highest BCUT2D eigenvalue weighted by Gasteiger charge is 2.00. The number of rotatable bonds is 4. The van der Waals surface area contributed by atoms with Gasteiger partial charge in [0.2, 0.25) is 0 Å². The van der Waals surface area contributed by atoms with Gasteiger partial charge in [0.15, 0.2) is 0 Å². The molecule has 0 spiro atoms. The van der Waals surface area contributed by atoms with Gasteiger partial charge in [-0.3, -0.25) is 4.99 Å². The average Bonchev–Trinajstić information content (AvgIpc) is 2.59. The van der Waals surface area contributed by atoms with E-state index in [9.17, 15) is 0 Å². The Labute approximate surface area is 85.8 Å². The first kappa shape index (κ1) is 10.8. The van der Waals surface area contributed by atoms with E-state index in [0.717, 1.165) is 12.1 Å². The van der Waals surface area contributed by atoms with Gasteiger partial charge in [-0.15, -0.1) is 0 Å². The van der Waals surface area contributed by atoms with Crippen molar-refractivity contribution in [1.82, 2.24) is 4.98 Å². The highest BCUT2D eigenvalue weighted by atomic mass is 14.7. The van der Waals surface area contributed by atoms with Crippen molar-refractivity contribution >= 4 is 5.71 Å². The summed E-state index contributed by atoms with van der Waals surface area (Å²) in [6.45, 7) is 6.26. The standard InChI is InChI=1S/C12H18N2/c1-4-5-6-8-13-10(2)12-7-9-14-11(12)3/h6-9,14H,4-5H2,1-3H3/b8-6+,13-10?. The molecule has 2 nitrogen and oxygen atoms in total. The van der Waals surface area contributed by atoms with Crippen molar-refractivity contribution in [3.63, 3.8) is 0 Å². The number of aromatic nitrogens is 1. The van der Waals surface area contributed by atoms with Crippen LogP contribution in [0.4, 0.5) is 0 Å². The lowest BCUT2D eigenvalue weighted by Crippen LogP contribution is -1.93. The van der Waals surface area contributed by atoms with E-state index >= 15 is 0 Å². The van der Waals surface area contributed by atoms with E-state index in [1.165, 1.54) is 17.7 Å². The number of unbranched alkanes of at least 4 members (excludes halogenated alkanes) is 1. The Kier molecular flexibility index (Phi) is 4.17. The minimum Gasteiger partial charge on any atom is -0.365 e. The summed E-state index contributed by atoms with van der Waals surface area (Å²) in [5, 5.41) is 0. The van der Waals surface area contributed by atoms with E-state index in [4.69, 9.17) is 0 Å². The van der Waals surface area contributed by atoms with Crippen LogP contribution in [0.25, 0.3) is 0 Å². The molecule has 0 unspecified atom stereocenters. The van der Waals surface area contributed by atoms with Crippen LogP contribution in [0.15, 0.2) is 29.5 Å². The number of hydrogen-bond acceptors (Lipinski definition) is 1. The molecule has 0 bridgehead atoms. The second-order valence-electron chi connectivity index (χ2n) is 3.40. The molecule has 0 aliphatic carbocycles. The Morgan fingerprint density at radius 3 is 2.93 bits per heavy atom. The van der Waals surface area contributed by atoms with Crippen molar-refractivity contribution in [2.24, 2.45) is 4.99 Å². The zero-order chi connectivity index (χ0) is 10.4. The SMILES string of the molecule is CCC/C=C/N=C(C)c1cc[nH]c1C. The lowest BCUT2D eigenvalue weighted by molar-refractivity contribution is 0.956. The summed E-state index contributed by atoms with van der Waals surface area (Å²) in [7, 11) is 0. The van der Waals surface area contributed by atoms with Crippen molar-refractivity contribution in [2.75, 3.05) is 0 Å². The Hall–Kier alpha value is -1.31. The molecule has 1 aromatic rings. The van der Waals surface area contributed by atoms with Gasteiger partial charge in [0.05, 0.1) is 0 Å².